The zero-order valence-corrected chi connectivity index (χ0v) is 11.0. The zero-order chi connectivity index (χ0) is 13.3. The standard InChI is InChI=1S/C10H8Cl2N4O2/c1-4-7(18-5(2)15-4)10(17)16-6-8(11)13-3-14-9(6)12/h3H,1-2H3,(H,16,17). The van der Waals surface area contributed by atoms with E-state index < -0.39 is 5.91 Å². The van der Waals surface area contributed by atoms with Crippen LogP contribution in [-0.4, -0.2) is 20.9 Å². The molecule has 8 heteroatoms. The predicted octanol–water partition coefficient (Wildman–Crippen LogP) is 2.64. The van der Waals surface area contributed by atoms with Crippen LogP contribution in [-0.2, 0) is 0 Å². The highest BCUT2D eigenvalue weighted by molar-refractivity contribution is 6.38. The first-order chi connectivity index (χ1) is 8.49. The molecule has 0 aliphatic heterocycles. The van der Waals surface area contributed by atoms with E-state index in [0.29, 0.717) is 11.6 Å². The summed E-state index contributed by atoms with van der Waals surface area (Å²) in [5.41, 5.74) is 0.619. The number of hydrogen-bond acceptors (Lipinski definition) is 5. The molecule has 0 unspecified atom stereocenters. The molecule has 6 nitrogen and oxygen atoms in total. The lowest BCUT2D eigenvalue weighted by Crippen LogP contribution is -2.13. The average Bonchev–Trinajstić information content (AvgIpc) is 2.63. The van der Waals surface area contributed by atoms with Crippen LogP contribution in [0.2, 0.25) is 10.3 Å². The number of carbonyl (C=O) groups excluding carboxylic acids is 1. The molecule has 2 aromatic rings. The van der Waals surface area contributed by atoms with Gasteiger partial charge in [-0.15, -0.1) is 0 Å². The molecule has 0 spiro atoms. The van der Waals surface area contributed by atoms with Crippen molar-refractivity contribution in [3.8, 4) is 0 Å². The highest BCUT2D eigenvalue weighted by Crippen LogP contribution is 2.26. The number of nitrogens with zero attached hydrogens (tertiary/aromatic N) is 3. The lowest BCUT2D eigenvalue weighted by atomic mass is 10.3. The van der Waals surface area contributed by atoms with Crippen LogP contribution in [0.3, 0.4) is 0 Å². The zero-order valence-electron chi connectivity index (χ0n) is 9.49. The Morgan fingerprint density at radius 3 is 2.39 bits per heavy atom. The van der Waals surface area contributed by atoms with E-state index in [1.807, 2.05) is 0 Å². The van der Waals surface area contributed by atoms with Gasteiger partial charge in [-0.3, -0.25) is 4.79 Å². The Kier molecular flexibility index (Phi) is 3.49. The van der Waals surface area contributed by atoms with Gasteiger partial charge in [0.25, 0.3) is 5.91 Å². The summed E-state index contributed by atoms with van der Waals surface area (Å²) in [6, 6.07) is 0. The first kappa shape index (κ1) is 12.8. The monoisotopic (exact) mass is 286 g/mol. The van der Waals surface area contributed by atoms with E-state index in [2.05, 4.69) is 20.3 Å². The number of amides is 1. The minimum absolute atomic E-state index is 0.0530. The molecule has 2 heterocycles. The van der Waals surface area contributed by atoms with Crippen molar-refractivity contribution in [2.24, 2.45) is 0 Å². The highest BCUT2D eigenvalue weighted by atomic mass is 35.5. The predicted molar refractivity (Wildman–Crippen MR) is 66.0 cm³/mol. The van der Waals surface area contributed by atoms with Gasteiger partial charge < -0.3 is 9.73 Å². The first-order valence-corrected chi connectivity index (χ1v) is 5.66. The maximum atomic E-state index is 11.9. The second-order valence-corrected chi connectivity index (χ2v) is 4.15. The summed E-state index contributed by atoms with van der Waals surface area (Å²) in [6.07, 6.45) is 1.20. The number of hydrogen-bond donors (Lipinski definition) is 1. The summed E-state index contributed by atoms with van der Waals surface area (Å²) < 4.78 is 5.18. The van der Waals surface area contributed by atoms with Crippen LogP contribution in [0.15, 0.2) is 10.7 Å². The quantitative estimate of drug-likeness (QED) is 0.859. The van der Waals surface area contributed by atoms with E-state index in [1.54, 1.807) is 13.8 Å². The van der Waals surface area contributed by atoms with E-state index in [-0.39, 0.29) is 21.8 Å². The number of aromatic nitrogens is 3. The van der Waals surface area contributed by atoms with Crippen molar-refractivity contribution in [3.05, 3.63) is 34.0 Å². The molecule has 1 N–H and O–H groups in total. The van der Waals surface area contributed by atoms with Crippen LogP contribution in [0.1, 0.15) is 22.1 Å². The Morgan fingerprint density at radius 1 is 1.28 bits per heavy atom. The Labute approximate surface area is 112 Å². The van der Waals surface area contributed by atoms with Gasteiger partial charge in [-0.25, -0.2) is 15.0 Å². The molecule has 0 fully saturated rings. The Hall–Kier alpha value is -1.66. The highest BCUT2D eigenvalue weighted by Gasteiger charge is 2.19. The summed E-state index contributed by atoms with van der Waals surface area (Å²) in [5.74, 6) is -0.00524. The average molecular weight is 287 g/mol. The van der Waals surface area contributed by atoms with Gasteiger partial charge in [0, 0.05) is 6.92 Å². The van der Waals surface area contributed by atoms with Crippen molar-refractivity contribution >= 4 is 34.8 Å². The summed E-state index contributed by atoms with van der Waals surface area (Å²) in [6.45, 7) is 3.31. The van der Waals surface area contributed by atoms with Crippen molar-refractivity contribution in [2.45, 2.75) is 13.8 Å². The molecule has 94 valence electrons. The molecule has 0 bridgehead atoms. The molecule has 0 saturated carbocycles. The van der Waals surface area contributed by atoms with Gasteiger partial charge in [0.2, 0.25) is 5.76 Å². The molecule has 0 radical (unpaired) electrons. The van der Waals surface area contributed by atoms with Gasteiger partial charge in [-0.05, 0) is 6.92 Å². The molecule has 2 aromatic heterocycles. The van der Waals surface area contributed by atoms with Crippen LogP contribution in [0, 0.1) is 13.8 Å². The minimum Gasteiger partial charge on any atom is -0.436 e. The van der Waals surface area contributed by atoms with Gasteiger partial charge >= 0.3 is 0 Å². The largest absolute Gasteiger partial charge is 0.436 e. The van der Waals surface area contributed by atoms with Gasteiger partial charge in [0.05, 0.1) is 5.69 Å². The first-order valence-electron chi connectivity index (χ1n) is 4.90. The van der Waals surface area contributed by atoms with E-state index in [4.69, 9.17) is 27.6 Å². The summed E-state index contributed by atoms with van der Waals surface area (Å²) >= 11 is 11.6. The number of anilines is 1. The molecule has 0 saturated heterocycles. The lowest BCUT2D eigenvalue weighted by molar-refractivity contribution is 0.0994. The van der Waals surface area contributed by atoms with E-state index in [9.17, 15) is 4.79 Å². The van der Waals surface area contributed by atoms with E-state index in [1.165, 1.54) is 6.33 Å². The van der Waals surface area contributed by atoms with Crippen LogP contribution < -0.4 is 5.32 Å². The molecule has 0 aliphatic carbocycles. The molecule has 2 rings (SSSR count). The van der Waals surface area contributed by atoms with Gasteiger partial charge in [0.15, 0.2) is 16.2 Å². The fraction of sp³-hybridized carbons (Fsp3) is 0.200. The normalized spacial score (nSPS) is 10.4. The van der Waals surface area contributed by atoms with Gasteiger partial charge in [-0.1, -0.05) is 23.2 Å². The number of oxazole rings is 1. The van der Waals surface area contributed by atoms with Crippen molar-refractivity contribution in [3.63, 3.8) is 0 Å². The number of nitrogens with one attached hydrogen (secondary N) is 1. The topological polar surface area (TPSA) is 80.9 Å². The molecule has 18 heavy (non-hydrogen) atoms. The number of aryl methyl sites for hydroxylation is 2. The summed E-state index contributed by atoms with van der Waals surface area (Å²) in [7, 11) is 0. The van der Waals surface area contributed by atoms with Crippen LogP contribution >= 0.6 is 23.2 Å². The second-order valence-electron chi connectivity index (χ2n) is 3.43. The maximum absolute atomic E-state index is 11.9. The Balaban J connectivity index is 2.30. The fourth-order valence-corrected chi connectivity index (χ4v) is 1.77. The molecule has 0 atom stereocenters. The minimum atomic E-state index is -0.508. The number of halogens is 2. The van der Waals surface area contributed by atoms with Crippen molar-refractivity contribution in [1.29, 1.82) is 0 Å². The van der Waals surface area contributed by atoms with Crippen LogP contribution in [0.5, 0.6) is 0 Å². The van der Waals surface area contributed by atoms with Crippen molar-refractivity contribution in [1.82, 2.24) is 15.0 Å². The molecule has 0 aromatic carbocycles. The Bertz CT molecular complexity index is 592. The smallest absolute Gasteiger partial charge is 0.293 e. The second kappa shape index (κ2) is 4.91. The third kappa shape index (κ3) is 2.44. The fourth-order valence-electron chi connectivity index (χ4n) is 1.36. The SMILES string of the molecule is Cc1nc(C)c(C(=O)Nc2c(Cl)ncnc2Cl)o1. The van der Waals surface area contributed by atoms with Crippen LogP contribution in [0.25, 0.3) is 0 Å². The van der Waals surface area contributed by atoms with Crippen molar-refractivity contribution in [2.75, 3.05) is 5.32 Å². The third-order valence-electron chi connectivity index (χ3n) is 2.10. The van der Waals surface area contributed by atoms with Gasteiger partial charge in [0.1, 0.15) is 12.0 Å². The summed E-state index contributed by atoms with van der Waals surface area (Å²) in [4.78, 5) is 23.4. The number of rotatable bonds is 2. The summed E-state index contributed by atoms with van der Waals surface area (Å²) in [5, 5.41) is 2.59. The molecule has 0 aliphatic rings. The van der Waals surface area contributed by atoms with Crippen molar-refractivity contribution < 1.29 is 9.21 Å². The lowest BCUT2D eigenvalue weighted by Gasteiger charge is -2.05. The van der Waals surface area contributed by atoms with E-state index in [0.717, 1.165) is 0 Å². The molecular formula is C10H8Cl2N4O2. The number of carbonyl (C=O) groups is 1. The molecular weight excluding hydrogens is 279 g/mol. The van der Waals surface area contributed by atoms with Gasteiger partial charge in [-0.2, -0.15) is 0 Å². The maximum Gasteiger partial charge on any atom is 0.293 e. The van der Waals surface area contributed by atoms with E-state index >= 15 is 0 Å². The molecule has 1 amide bonds. The third-order valence-corrected chi connectivity index (χ3v) is 2.68. The van der Waals surface area contributed by atoms with Crippen LogP contribution in [0.4, 0.5) is 5.69 Å². The Morgan fingerprint density at radius 2 is 1.89 bits per heavy atom.